The van der Waals surface area contributed by atoms with Crippen molar-refractivity contribution in [3.8, 4) is 0 Å². The van der Waals surface area contributed by atoms with Gasteiger partial charge in [-0.05, 0) is 156 Å². The average molecular weight is 781 g/mol. The molecule has 2 nitrogen and oxygen atoms in total. The molecule has 0 aliphatic carbocycles. The lowest BCUT2D eigenvalue weighted by atomic mass is 9.76. The molecule has 0 aliphatic heterocycles. The first-order valence-electron chi connectivity index (χ1n) is 21.7. The Morgan fingerprint density at radius 2 is 0.517 bits per heavy atom. The summed E-state index contributed by atoms with van der Waals surface area (Å²) >= 11 is 0. The number of benzene rings is 11. The van der Waals surface area contributed by atoms with Crippen molar-refractivity contribution in [1.82, 2.24) is 0 Å². The fraction of sp³-hybridized carbons (Fsp3) is 0.276. The second-order valence-corrected chi connectivity index (χ2v) is 22.0. The molecular formula is C58H52O2. The molecule has 0 bridgehead atoms. The van der Waals surface area contributed by atoms with E-state index >= 15 is 9.59 Å². The summed E-state index contributed by atoms with van der Waals surface area (Å²) < 4.78 is 0. The van der Waals surface area contributed by atoms with Gasteiger partial charge in [0.05, 0.1) is 0 Å². The highest BCUT2D eigenvalue weighted by Gasteiger charge is 2.29. The van der Waals surface area contributed by atoms with Crippen LogP contribution >= 0.6 is 0 Å². The highest BCUT2D eigenvalue weighted by atomic mass is 16.1. The van der Waals surface area contributed by atoms with E-state index in [9.17, 15) is 0 Å². The Labute approximate surface area is 350 Å². The lowest BCUT2D eigenvalue weighted by Crippen LogP contribution is -2.15. The second kappa shape index (κ2) is 11.5. The van der Waals surface area contributed by atoms with Crippen LogP contribution < -0.4 is 10.9 Å². The zero-order valence-corrected chi connectivity index (χ0v) is 37.1. The Balaban J connectivity index is 1.51. The molecule has 296 valence electrons. The molecule has 0 fully saturated rings. The fourth-order valence-corrected chi connectivity index (χ4v) is 10.7. The topological polar surface area (TPSA) is 34.1 Å². The van der Waals surface area contributed by atoms with Crippen LogP contribution in [-0.2, 0) is 21.7 Å². The van der Waals surface area contributed by atoms with Gasteiger partial charge in [-0.15, -0.1) is 0 Å². The molecule has 0 spiro atoms. The zero-order valence-electron chi connectivity index (χ0n) is 37.1. The molecule has 0 aliphatic rings. The summed E-state index contributed by atoms with van der Waals surface area (Å²) in [5.74, 6) is 0. The minimum absolute atomic E-state index is 0.102. The van der Waals surface area contributed by atoms with E-state index in [1.807, 2.05) is 0 Å². The van der Waals surface area contributed by atoms with Gasteiger partial charge in [0, 0.05) is 32.3 Å². The van der Waals surface area contributed by atoms with Crippen molar-refractivity contribution in [3.63, 3.8) is 0 Å². The van der Waals surface area contributed by atoms with Crippen LogP contribution in [0, 0.1) is 0 Å². The molecule has 0 aromatic heterocycles. The molecule has 0 heterocycles. The third-order valence-electron chi connectivity index (χ3n) is 14.0. The Morgan fingerprint density at radius 1 is 0.250 bits per heavy atom. The van der Waals surface area contributed by atoms with Crippen LogP contribution in [0.5, 0.6) is 0 Å². The Morgan fingerprint density at radius 3 is 0.867 bits per heavy atom. The van der Waals surface area contributed by atoms with Gasteiger partial charge in [-0.2, -0.15) is 0 Å². The van der Waals surface area contributed by atoms with Gasteiger partial charge in [0.1, 0.15) is 0 Å². The zero-order chi connectivity index (χ0) is 42.3. The Hall–Kier alpha value is -5.86. The number of fused-ring (bicyclic) bond motifs is 10. The average Bonchev–Trinajstić information content (AvgIpc) is 3.18. The molecule has 0 saturated carbocycles. The quantitative estimate of drug-likeness (QED) is 0.113. The van der Waals surface area contributed by atoms with Gasteiger partial charge in [0.15, 0.2) is 10.9 Å². The van der Waals surface area contributed by atoms with Crippen LogP contribution in [0.2, 0.25) is 0 Å². The van der Waals surface area contributed by atoms with Gasteiger partial charge in [0.2, 0.25) is 0 Å². The maximum atomic E-state index is 15.0. The summed E-state index contributed by atoms with van der Waals surface area (Å²) in [6, 6.07) is 35.9. The predicted octanol–water partition coefficient (Wildman–Crippen LogP) is 15.4. The van der Waals surface area contributed by atoms with Gasteiger partial charge in [-0.3, -0.25) is 9.59 Å². The second-order valence-electron chi connectivity index (χ2n) is 22.0. The van der Waals surface area contributed by atoms with Crippen molar-refractivity contribution >= 4 is 108 Å². The van der Waals surface area contributed by atoms with Crippen LogP contribution in [0.3, 0.4) is 0 Å². The van der Waals surface area contributed by atoms with Gasteiger partial charge < -0.3 is 0 Å². The van der Waals surface area contributed by atoms with Crippen LogP contribution in [0.25, 0.3) is 108 Å². The van der Waals surface area contributed by atoms with Crippen LogP contribution in [0.1, 0.15) is 105 Å². The van der Waals surface area contributed by atoms with Crippen molar-refractivity contribution in [3.05, 3.63) is 140 Å². The van der Waals surface area contributed by atoms with E-state index in [-0.39, 0.29) is 32.5 Å². The molecule has 2 heteroatoms. The first-order chi connectivity index (χ1) is 28.1. The minimum Gasteiger partial charge on any atom is -0.289 e. The summed E-state index contributed by atoms with van der Waals surface area (Å²) in [7, 11) is 0. The minimum atomic E-state index is -0.177. The summed E-state index contributed by atoms with van der Waals surface area (Å²) in [6.45, 7) is 26.8. The predicted molar refractivity (Wildman–Crippen MR) is 262 cm³/mol. The third kappa shape index (κ3) is 4.82. The fourth-order valence-electron chi connectivity index (χ4n) is 10.7. The van der Waals surface area contributed by atoms with E-state index in [0.29, 0.717) is 0 Å². The van der Waals surface area contributed by atoms with Gasteiger partial charge in [-0.1, -0.05) is 144 Å². The number of rotatable bonds is 0. The van der Waals surface area contributed by atoms with E-state index in [2.05, 4.69) is 180 Å². The lowest BCUT2D eigenvalue weighted by Gasteiger charge is -2.26. The molecule has 11 rings (SSSR count). The van der Waals surface area contributed by atoms with Crippen molar-refractivity contribution < 1.29 is 0 Å². The molecular weight excluding hydrogens is 729 g/mol. The van der Waals surface area contributed by atoms with Crippen LogP contribution in [0.15, 0.2) is 107 Å². The van der Waals surface area contributed by atoms with Crippen molar-refractivity contribution in [2.24, 2.45) is 0 Å². The smallest absolute Gasteiger partial charge is 0.194 e. The lowest BCUT2D eigenvalue weighted by molar-refractivity contribution is 0.591. The normalized spacial score (nSPS) is 13.8. The SMILES string of the molecule is CC(C)(C)c1ccc2c(c1)c(=O)c1cc(C(C)(C)C)cc3c4cccc5c4c(c4cccc6c7cc(C(C)(C)C)cc8c(=O)c9cc(C(C)(C)C)ccc9c(c87)c5c64)c2c13. The molecule has 0 saturated heterocycles. The highest BCUT2D eigenvalue weighted by molar-refractivity contribution is 6.51. The van der Waals surface area contributed by atoms with Gasteiger partial charge in [0.25, 0.3) is 0 Å². The molecule has 60 heavy (non-hydrogen) atoms. The van der Waals surface area contributed by atoms with E-state index < -0.39 is 0 Å². The Kier molecular flexibility index (Phi) is 7.12. The molecule has 0 atom stereocenters. The first kappa shape index (κ1) is 37.2. The monoisotopic (exact) mass is 780 g/mol. The van der Waals surface area contributed by atoms with Crippen molar-refractivity contribution in [1.29, 1.82) is 0 Å². The van der Waals surface area contributed by atoms with E-state index in [1.54, 1.807) is 0 Å². The molecule has 11 aromatic carbocycles. The van der Waals surface area contributed by atoms with Crippen LogP contribution in [-0.4, -0.2) is 0 Å². The molecule has 0 unspecified atom stereocenters. The molecule has 0 radical (unpaired) electrons. The van der Waals surface area contributed by atoms with Crippen LogP contribution in [0.4, 0.5) is 0 Å². The largest absolute Gasteiger partial charge is 0.289 e. The summed E-state index contributed by atoms with van der Waals surface area (Å²) in [4.78, 5) is 30.1. The standard InChI is InChI=1S/C58H52O2/c1-55(2,3)29-19-21-35-41(23-29)53(59)43-27-31(57(7,8)9)25-39-33-15-14-18-38-45(33)51(49(35)47(39)43)37-17-13-16-34-40-26-32(58(10,11)12)28-44-48(40)50(52(38)46(34)37)36-22-20-30(56(4,5)6)24-42(36)54(44)60/h13-28H,1-12H3. The summed E-state index contributed by atoms with van der Waals surface area (Å²) in [5, 5.41) is 21.3. The van der Waals surface area contributed by atoms with Gasteiger partial charge >= 0.3 is 0 Å². The highest BCUT2D eigenvalue weighted by Crippen LogP contribution is 2.53. The molecule has 0 N–H and O–H groups in total. The van der Waals surface area contributed by atoms with Gasteiger partial charge in [-0.25, -0.2) is 0 Å². The van der Waals surface area contributed by atoms with E-state index in [0.717, 1.165) is 97.7 Å². The Bertz CT molecular complexity index is 3560. The maximum Gasteiger partial charge on any atom is 0.194 e. The summed E-state index contributed by atoms with van der Waals surface area (Å²) in [5.41, 5.74) is 4.23. The third-order valence-corrected chi connectivity index (χ3v) is 14.0. The number of hydrogen-bond donors (Lipinski definition) is 0. The first-order valence-corrected chi connectivity index (χ1v) is 21.7. The molecule has 11 aromatic rings. The van der Waals surface area contributed by atoms with Crippen molar-refractivity contribution in [2.75, 3.05) is 0 Å². The summed E-state index contributed by atoms with van der Waals surface area (Å²) in [6.07, 6.45) is 0. The maximum absolute atomic E-state index is 15.0. The van der Waals surface area contributed by atoms with E-state index in [1.165, 1.54) is 32.3 Å². The van der Waals surface area contributed by atoms with E-state index in [4.69, 9.17) is 0 Å². The number of hydrogen-bond acceptors (Lipinski definition) is 2. The molecule has 0 amide bonds. The van der Waals surface area contributed by atoms with Crippen molar-refractivity contribution in [2.45, 2.75) is 105 Å².